The molecule has 1 aliphatic heterocycles. The van der Waals surface area contributed by atoms with E-state index in [4.69, 9.17) is 0 Å². The van der Waals surface area contributed by atoms with Gasteiger partial charge in [-0.15, -0.1) is 0 Å². The van der Waals surface area contributed by atoms with Crippen LogP contribution in [-0.2, 0) is 27.7 Å². The van der Waals surface area contributed by atoms with Crippen molar-refractivity contribution in [3.05, 3.63) is 52.2 Å². The summed E-state index contributed by atoms with van der Waals surface area (Å²) in [4.78, 5) is 26.6. The van der Waals surface area contributed by atoms with Gasteiger partial charge in [0.15, 0.2) is 9.84 Å². The van der Waals surface area contributed by atoms with Gasteiger partial charge in [0, 0.05) is 36.6 Å². The van der Waals surface area contributed by atoms with Crippen LogP contribution in [0.4, 0.5) is 0 Å². The van der Waals surface area contributed by atoms with Crippen molar-refractivity contribution in [2.45, 2.75) is 33.0 Å². The van der Waals surface area contributed by atoms with Gasteiger partial charge in [0.25, 0.3) is 5.56 Å². The Morgan fingerprint density at radius 2 is 2.15 bits per heavy atom. The second-order valence-electron chi connectivity index (χ2n) is 6.47. The zero-order valence-corrected chi connectivity index (χ0v) is 15.6. The van der Waals surface area contributed by atoms with Crippen LogP contribution in [0.15, 0.2) is 35.5 Å². The first-order valence-electron chi connectivity index (χ1n) is 8.49. The molecule has 9 heteroatoms. The molecule has 0 aromatic carbocycles. The molecule has 26 heavy (non-hydrogen) atoms. The van der Waals surface area contributed by atoms with Gasteiger partial charge >= 0.3 is 0 Å². The standard InChI is InChI=1S/C17H22N4O4S/c1-3-20-10-14(9-18-20)15-12-26(24,25)8-7-21(15)16(22)11-19-6-4-5-13(2)17(19)23/h4-6,9-10,15H,3,7-8,11-12H2,1-2H3/t15-/m0/s1. The molecule has 3 heterocycles. The minimum absolute atomic E-state index is 0.0696. The highest BCUT2D eigenvalue weighted by atomic mass is 32.2. The molecule has 1 amide bonds. The van der Waals surface area contributed by atoms with E-state index in [1.807, 2.05) is 6.92 Å². The zero-order valence-electron chi connectivity index (χ0n) is 14.8. The molecular weight excluding hydrogens is 356 g/mol. The van der Waals surface area contributed by atoms with Gasteiger partial charge in [0.2, 0.25) is 5.91 Å². The largest absolute Gasteiger partial charge is 0.332 e. The lowest BCUT2D eigenvalue weighted by Crippen LogP contribution is -2.47. The summed E-state index contributed by atoms with van der Waals surface area (Å²) in [6, 6.07) is 2.83. The van der Waals surface area contributed by atoms with E-state index in [9.17, 15) is 18.0 Å². The van der Waals surface area contributed by atoms with Gasteiger partial charge in [0.1, 0.15) is 6.54 Å². The van der Waals surface area contributed by atoms with Crippen molar-refractivity contribution in [2.75, 3.05) is 18.1 Å². The predicted octanol–water partition coefficient (Wildman–Crippen LogP) is 0.371. The number of pyridine rings is 1. The summed E-state index contributed by atoms with van der Waals surface area (Å²) in [7, 11) is -3.23. The third-order valence-corrected chi connectivity index (χ3v) is 6.26. The number of aryl methyl sites for hydroxylation is 2. The number of carbonyl (C=O) groups excluding carboxylic acids is 1. The van der Waals surface area contributed by atoms with Crippen LogP contribution in [0.25, 0.3) is 0 Å². The van der Waals surface area contributed by atoms with Gasteiger partial charge < -0.3 is 9.47 Å². The molecule has 1 fully saturated rings. The Balaban J connectivity index is 1.88. The predicted molar refractivity (Wildman–Crippen MR) is 96.4 cm³/mol. The SMILES string of the molecule is CCn1cc([C@@H]2CS(=O)(=O)CCN2C(=O)Cn2cccc(C)c2=O)cn1. The summed E-state index contributed by atoms with van der Waals surface area (Å²) in [6.45, 7) is 4.29. The smallest absolute Gasteiger partial charge is 0.253 e. The minimum atomic E-state index is -3.23. The average molecular weight is 378 g/mol. The van der Waals surface area contributed by atoms with Crippen molar-refractivity contribution in [3.63, 3.8) is 0 Å². The van der Waals surface area contributed by atoms with Crippen molar-refractivity contribution in [1.29, 1.82) is 0 Å². The maximum Gasteiger partial charge on any atom is 0.253 e. The third kappa shape index (κ3) is 3.72. The number of amides is 1. The molecule has 2 aromatic rings. The molecule has 0 saturated carbocycles. The number of aromatic nitrogens is 3. The van der Waals surface area contributed by atoms with E-state index >= 15 is 0 Å². The molecule has 3 rings (SSSR count). The summed E-state index contributed by atoms with van der Waals surface area (Å²) in [6.07, 6.45) is 4.94. The lowest BCUT2D eigenvalue weighted by atomic mass is 10.1. The fourth-order valence-corrected chi connectivity index (χ4v) is 4.62. The molecule has 0 bridgehead atoms. The number of nitrogens with zero attached hydrogens (tertiary/aromatic N) is 4. The molecule has 0 spiro atoms. The Bertz CT molecular complexity index is 977. The molecule has 8 nitrogen and oxygen atoms in total. The van der Waals surface area contributed by atoms with E-state index in [2.05, 4.69) is 5.10 Å². The average Bonchev–Trinajstić information content (AvgIpc) is 3.07. The quantitative estimate of drug-likeness (QED) is 0.766. The van der Waals surface area contributed by atoms with Crippen LogP contribution in [0.1, 0.15) is 24.1 Å². The van der Waals surface area contributed by atoms with Crippen molar-refractivity contribution < 1.29 is 13.2 Å². The van der Waals surface area contributed by atoms with Crippen molar-refractivity contribution in [2.24, 2.45) is 0 Å². The Morgan fingerprint density at radius 3 is 2.85 bits per heavy atom. The molecule has 0 N–H and O–H groups in total. The Labute approximate surface area is 152 Å². The van der Waals surface area contributed by atoms with Gasteiger partial charge in [-0.3, -0.25) is 14.3 Å². The van der Waals surface area contributed by atoms with Crippen LogP contribution < -0.4 is 5.56 Å². The molecule has 0 radical (unpaired) electrons. The first-order valence-corrected chi connectivity index (χ1v) is 10.3. The lowest BCUT2D eigenvalue weighted by molar-refractivity contribution is -0.133. The highest BCUT2D eigenvalue weighted by Crippen LogP contribution is 2.27. The fourth-order valence-electron chi connectivity index (χ4n) is 3.12. The maximum atomic E-state index is 12.8. The first-order chi connectivity index (χ1) is 12.3. The van der Waals surface area contributed by atoms with Crippen molar-refractivity contribution in [3.8, 4) is 0 Å². The van der Waals surface area contributed by atoms with Crippen LogP contribution in [0.5, 0.6) is 0 Å². The van der Waals surface area contributed by atoms with Crippen LogP contribution in [0.2, 0.25) is 0 Å². The normalized spacial score (nSPS) is 19.5. The molecule has 1 saturated heterocycles. The molecule has 140 valence electrons. The lowest BCUT2D eigenvalue weighted by Gasteiger charge is -2.35. The second-order valence-corrected chi connectivity index (χ2v) is 8.70. The summed E-state index contributed by atoms with van der Waals surface area (Å²) < 4.78 is 27.3. The van der Waals surface area contributed by atoms with E-state index in [1.165, 1.54) is 4.57 Å². The monoisotopic (exact) mass is 378 g/mol. The molecule has 1 aliphatic rings. The maximum absolute atomic E-state index is 12.8. The highest BCUT2D eigenvalue weighted by molar-refractivity contribution is 7.91. The first kappa shape index (κ1) is 18.4. The number of hydrogen-bond donors (Lipinski definition) is 0. The van der Waals surface area contributed by atoms with Crippen molar-refractivity contribution >= 4 is 15.7 Å². The second kappa shape index (κ2) is 7.06. The van der Waals surface area contributed by atoms with Crippen LogP contribution in [0, 0.1) is 6.92 Å². The minimum Gasteiger partial charge on any atom is -0.332 e. The van der Waals surface area contributed by atoms with Crippen molar-refractivity contribution in [1.82, 2.24) is 19.2 Å². The Kier molecular flexibility index (Phi) is 4.99. The van der Waals surface area contributed by atoms with Crippen LogP contribution in [-0.4, -0.2) is 51.6 Å². The number of carbonyl (C=O) groups is 1. The van der Waals surface area contributed by atoms with Crippen LogP contribution >= 0.6 is 0 Å². The van der Waals surface area contributed by atoms with E-state index in [1.54, 1.807) is 47.2 Å². The van der Waals surface area contributed by atoms with Gasteiger partial charge in [-0.2, -0.15) is 5.10 Å². The highest BCUT2D eigenvalue weighted by Gasteiger charge is 2.35. The molecule has 2 aromatic heterocycles. The summed E-state index contributed by atoms with van der Waals surface area (Å²) in [5.74, 6) is -0.474. The van der Waals surface area contributed by atoms with Crippen LogP contribution in [0.3, 0.4) is 0 Å². The number of hydrogen-bond acceptors (Lipinski definition) is 5. The summed E-state index contributed by atoms with van der Waals surface area (Å²) >= 11 is 0. The van der Waals surface area contributed by atoms with Gasteiger partial charge in [0.05, 0.1) is 23.7 Å². The molecule has 0 aliphatic carbocycles. The fraction of sp³-hybridized carbons (Fsp3) is 0.471. The van der Waals surface area contributed by atoms with E-state index in [-0.39, 0.29) is 36.1 Å². The van der Waals surface area contributed by atoms with Gasteiger partial charge in [-0.1, -0.05) is 6.07 Å². The third-order valence-electron chi connectivity index (χ3n) is 4.63. The van der Waals surface area contributed by atoms with E-state index in [0.29, 0.717) is 17.7 Å². The van der Waals surface area contributed by atoms with E-state index in [0.717, 1.165) is 0 Å². The van der Waals surface area contributed by atoms with Gasteiger partial charge in [-0.25, -0.2) is 8.42 Å². The Morgan fingerprint density at radius 1 is 1.38 bits per heavy atom. The summed E-state index contributed by atoms with van der Waals surface area (Å²) in [5.41, 5.74) is 1.03. The molecule has 0 unspecified atom stereocenters. The molecular formula is C17H22N4O4S. The topological polar surface area (TPSA) is 94.3 Å². The van der Waals surface area contributed by atoms with E-state index < -0.39 is 15.9 Å². The zero-order chi connectivity index (χ0) is 18.9. The molecule has 1 atom stereocenters. The Hall–Kier alpha value is -2.42. The number of rotatable bonds is 4. The van der Waals surface area contributed by atoms with Gasteiger partial charge in [-0.05, 0) is 19.9 Å². The number of sulfone groups is 1. The summed E-state index contributed by atoms with van der Waals surface area (Å²) in [5, 5.41) is 4.19.